The van der Waals surface area contributed by atoms with E-state index in [1.807, 2.05) is 0 Å². The molecule has 0 atom stereocenters. The largest absolute Gasteiger partial charge is 0.481 e. The summed E-state index contributed by atoms with van der Waals surface area (Å²) in [6.07, 6.45) is 5.25. The van der Waals surface area contributed by atoms with Crippen LogP contribution >= 0.6 is 0 Å². The number of nitrogens with zero attached hydrogens (tertiary/aromatic N) is 4. The van der Waals surface area contributed by atoms with Crippen LogP contribution in [0.1, 0.15) is 38.7 Å². The highest BCUT2D eigenvalue weighted by molar-refractivity contribution is 5.82. The molecule has 1 aromatic heterocycles. The average Bonchev–Trinajstić information content (AvgIpc) is 2.62. The summed E-state index contributed by atoms with van der Waals surface area (Å²) in [5.74, 6) is 0.578. The molecule has 0 aliphatic carbocycles. The number of hydrogen-bond donors (Lipinski definition) is 1. The Hall–Kier alpha value is -1.89. The Morgan fingerprint density at radius 1 is 1.12 bits per heavy atom. The summed E-state index contributed by atoms with van der Waals surface area (Å²) in [4.78, 5) is 25.3. The van der Waals surface area contributed by atoms with Crippen LogP contribution in [0.3, 0.4) is 0 Å². The first kappa shape index (κ1) is 17.0. The van der Waals surface area contributed by atoms with E-state index < -0.39 is 11.4 Å². The molecule has 0 bridgehead atoms. The molecule has 0 spiro atoms. The van der Waals surface area contributed by atoms with Crippen molar-refractivity contribution in [2.24, 2.45) is 0 Å². The number of aliphatic carboxylic acids is 1. The first-order valence-electron chi connectivity index (χ1n) is 8.68. The number of carboxylic acids is 1. The summed E-state index contributed by atoms with van der Waals surface area (Å²) in [5, 5.41) is 9.63. The van der Waals surface area contributed by atoms with Crippen LogP contribution < -0.4 is 9.80 Å². The highest BCUT2D eigenvalue weighted by Crippen LogP contribution is 2.33. The number of aromatic nitrogens is 2. The lowest BCUT2D eigenvalue weighted by atomic mass is 9.85. The van der Waals surface area contributed by atoms with Crippen molar-refractivity contribution < 1.29 is 14.6 Å². The maximum absolute atomic E-state index is 11.7. The normalized spacial score (nSPS) is 19.4. The van der Waals surface area contributed by atoms with Crippen LogP contribution in [0.25, 0.3) is 0 Å². The Bertz CT molecular complexity index is 593. The third kappa shape index (κ3) is 3.31. The predicted octanol–water partition coefficient (Wildman–Crippen LogP) is 1.67. The SMILES string of the molecule is CC(C)(C(=O)O)c1cnc(N2CCCCC2)nc1N1CCOCC1. The maximum atomic E-state index is 11.7. The second-order valence-electron chi connectivity index (χ2n) is 6.98. The van der Waals surface area contributed by atoms with E-state index in [0.717, 1.165) is 44.8 Å². The zero-order valence-corrected chi connectivity index (χ0v) is 14.5. The minimum atomic E-state index is -1.03. The van der Waals surface area contributed by atoms with Gasteiger partial charge in [-0.05, 0) is 33.1 Å². The van der Waals surface area contributed by atoms with E-state index in [4.69, 9.17) is 9.72 Å². The van der Waals surface area contributed by atoms with Crippen LogP contribution in [0.5, 0.6) is 0 Å². The molecule has 2 saturated heterocycles. The van der Waals surface area contributed by atoms with E-state index in [1.165, 1.54) is 6.42 Å². The van der Waals surface area contributed by atoms with Gasteiger partial charge in [0.05, 0.1) is 18.6 Å². The highest BCUT2D eigenvalue weighted by Gasteiger charge is 2.35. The number of rotatable bonds is 4. The molecule has 7 nitrogen and oxygen atoms in total. The summed E-state index contributed by atoms with van der Waals surface area (Å²) in [6, 6.07) is 0. The van der Waals surface area contributed by atoms with Crippen LogP contribution in [0, 0.1) is 0 Å². The number of ether oxygens (including phenoxy) is 1. The van der Waals surface area contributed by atoms with Gasteiger partial charge in [-0.15, -0.1) is 0 Å². The topological polar surface area (TPSA) is 78.8 Å². The molecule has 0 amide bonds. The number of hydrogen-bond acceptors (Lipinski definition) is 6. The standard InChI is InChI=1S/C17H26N4O3/c1-17(2,15(22)23)13-12-18-16(21-6-4-3-5-7-21)19-14(13)20-8-10-24-11-9-20/h12H,3-11H2,1-2H3,(H,22,23). The second-order valence-corrected chi connectivity index (χ2v) is 6.98. The monoisotopic (exact) mass is 334 g/mol. The van der Waals surface area contributed by atoms with E-state index in [2.05, 4.69) is 14.8 Å². The van der Waals surface area contributed by atoms with Crippen molar-refractivity contribution in [2.75, 3.05) is 49.2 Å². The summed E-state index contributed by atoms with van der Waals surface area (Å²) in [6.45, 7) is 8.05. The van der Waals surface area contributed by atoms with Crippen molar-refractivity contribution >= 4 is 17.7 Å². The van der Waals surface area contributed by atoms with Crippen molar-refractivity contribution in [1.82, 2.24) is 9.97 Å². The van der Waals surface area contributed by atoms with E-state index in [9.17, 15) is 9.90 Å². The molecule has 2 aliphatic heterocycles. The van der Waals surface area contributed by atoms with Gasteiger partial charge in [-0.2, -0.15) is 4.98 Å². The number of anilines is 2. The molecule has 1 N–H and O–H groups in total. The summed E-state index contributed by atoms with van der Waals surface area (Å²) in [7, 11) is 0. The van der Waals surface area contributed by atoms with E-state index >= 15 is 0 Å². The molecule has 0 aromatic carbocycles. The van der Waals surface area contributed by atoms with Gasteiger partial charge in [0, 0.05) is 37.9 Å². The Labute approximate surface area is 142 Å². The molecule has 0 radical (unpaired) electrons. The highest BCUT2D eigenvalue weighted by atomic mass is 16.5. The number of carboxylic acid groups (broad SMARTS) is 1. The van der Waals surface area contributed by atoms with Crippen LogP contribution in [0.15, 0.2) is 6.20 Å². The van der Waals surface area contributed by atoms with Crippen LogP contribution in [0.4, 0.5) is 11.8 Å². The molecule has 3 heterocycles. The zero-order chi connectivity index (χ0) is 17.2. The number of piperidine rings is 1. The zero-order valence-electron chi connectivity index (χ0n) is 14.5. The quantitative estimate of drug-likeness (QED) is 0.897. The molecule has 24 heavy (non-hydrogen) atoms. The fourth-order valence-electron chi connectivity index (χ4n) is 3.18. The lowest BCUT2D eigenvalue weighted by molar-refractivity contribution is -0.142. The molecule has 132 valence electrons. The van der Waals surface area contributed by atoms with E-state index in [-0.39, 0.29) is 0 Å². The molecule has 3 rings (SSSR count). The molecule has 2 aliphatic rings. The Balaban J connectivity index is 1.99. The average molecular weight is 334 g/mol. The van der Waals surface area contributed by atoms with Gasteiger partial charge in [0.25, 0.3) is 0 Å². The van der Waals surface area contributed by atoms with Gasteiger partial charge in [0.2, 0.25) is 5.95 Å². The first-order chi connectivity index (χ1) is 11.5. The Morgan fingerprint density at radius 3 is 2.42 bits per heavy atom. The van der Waals surface area contributed by atoms with Gasteiger partial charge in [0.1, 0.15) is 5.82 Å². The van der Waals surface area contributed by atoms with Crippen molar-refractivity contribution in [1.29, 1.82) is 0 Å². The van der Waals surface area contributed by atoms with Gasteiger partial charge in [-0.3, -0.25) is 4.79 Å². The third-order valence-corrected chi connectivity index (χ3v) is 4.91. The van der Waals surface area contributed by atoms with Crippen LogP contribution in [-0.4, -0.2) is 60.4 Å². The third-order valence-electron chi connectivity index (χ3n) is 4.91. The van der Waals surface area contributed by atoms with Crippen LogP contribution in [-0.2, 0) is 14.9 Å². The van der Waals surface area contributed by atoms with Gasteiger partial charge in [0.15, 0.2) is 0 Å². The van der Waals surface area contributed by atoms with Crippen LogP contribution in [0.2, 0.25) is 0 Å². The van der Waals surface area contributed by atoms with Gasteiger partial charge < -0.3 is 19.6 Å². The smallest absolute Gasteiger partial charge is 0.313 e. The molecule has 7 heteroatoms. The minimum absolute atomic E-state index is 0.635. The summed E-state index contributed by atoms with van der Waals surface area (Å²) >= 11 is 0. The van der Waals surface area contributed by atoms with Crippen molar-refractivity contribution in [3.05, 3.63) is 11.8 Å². The Kier molecular flexibility index (Phi) is 4.89. The molecular weight excluding hydrogens is 308 g/mol. The van der Waals surface area contributed by atoms with Gasteiger partial charge >= 0.3 is 5.97 Å². The Morgan fingerprint density at radius 2 is 1.79 bits per heavy atom. The minimum Gasteiger partial charge on any atom is -0.481 e. The summed E-state index contributed by atoms with van der Waals surface area (Å²) in [5.41, 5.74) is -0.369. The molecule has 0 unspecified atom stereocenters. The van der Waals surface area contributed by atoms with Crippen molar-refractivity contribution in [2.45, 2.75) is 38.5 Å². The van der Waals surface area contributed by atoms with Crippen molar-refractivity contribution in [3.8, 4) is 0 Å². The second kappa shape index (κ2) is 6.93. The van der Waals surface area contributed by atoms with E-state index in [0.29, 0.717) is 24.7 Å². The first-order valence-corrected chi connectivity index (χ1v) is 8.68. The number of carbonyl (C=O) groups is 1. The molecule has 0 saturated carbocycles. The summed E-state index contributed by atoms with van der Waals surface area (Å²) < 4.78 is 5.43. The predicted molar refractivity (Wildman–Crippen MR) is 91.8 cm³/mol. The van der Waals surface area contributed by atoms with E-state index in [1.54, 1.807) is 20.0 Å². The van der Waals surface area contributed by atoms with Crippen molar-refractivity contribution in [3.63, 3.8) is 0 Å². The number of morpholine rings is 1. The molecular formula is C17H26N4O3. The fourth-order valence-corrected chi connectivity index (χ4v) is 3.18. The lowest BCUT2D eigenvalue weighted by Gasteiger charge is -2.34. The molecule has 1 aromatic rings. The lowest BCUT2D eigenvalue weighted by Crippen LogP contribution is -2.40. The fraction of sp³-hybridized carbons (Fsp3) is 0.706. The van der Waals surface area contributed by atoms with Gasteiger partial charge in [-0.25, -0.2) is 4.98 Å². The van der Waals surface area contributed by atoms with Gasteiger partial charge in [-0.1, -0.05) is 0 Å². The maximum Gasteiger partial charge on any atom is 0.313 e. The molecule has 2 fully saturated rings.